The van der Waals surface area contributed by atoms with Crippen LogP contribution in [-0.2, 0) is 16.8 Å². The Kier molecular flexibility index (Phi) is 9.12. The molecule has 8 heteroatoms. The Morgan fingerprint density at radius 1 is 0.927 bits per heavy atom. The molecule has 0 aliphatic carbocycles. The van der Waals surface area contributed by atoms with Crippen LogP contribution >= 0.6 is 0 Å². The first kappa shape index (κ1) is 29.4. The molecule has 0 atom stereocenters. The van der Waals surface area contributed by atoms with Gasteiger partial charge < -0.3 is 20.3 Å². The van der Waals surface area contributed by atoms with Gasteiger partial charge in [0.25, 0.3) is 0 Å². The van der Waals surface area contributed by atoms with Crippen LogP contribution in [0.15, 0.2) is 78.9 Å². The minimum absolute atomic E-state index is 0.152. The quantitative estimate of drug-likeness (QED) is 0.237. The lowest BCUT2D eigenvalue weighted by molar-refractivity contribution is -0.116. The van der Waals surface area contributed by atoms with Crippen molar-refractivity contribution in [2.45, 2.75) is 53.5 Å². The molecule has 8 nitrogen and oxygen atoms in total. The van der Waals surface area contributed by atoms with Crippen LogP contribution in [0.1, 0.15) is 50.1 Å². The zero-order valence-corrected chi connectivity index (χ0v) is 24.7. The lowest BCUT2D eigenvalue weighted by Gasteiger charge is -2.23. The van der Waals surface area contributed by atoms with Crippen molar-refractivity contribution in [3.63, 3.8) is 0 Å². The normalized spacial score (nSPS) is 11.2. The molecule has 0 unspecified atom stereocenters. The summed E-state index contributed by atoms with van der Waals surface area (Å²) in [6.45, 7) is 12.9. The number of carbonyl (C=O) groups excluding carboxylic acids is 2. The third-order valence-electron chi connectivity index (χ3n) is 6.58. The van der Waals surface area contributed by atoms with Crippen molar-refractivity contribution in [3.05, 3.63) is 101 Å². The van der Waals surface area contributed by atoms with E-state index in [1.807, 2.05) is 69.3 Å². The van der Waals surface area contributed by atoms with Gasteiger partial charge in [0.2, 0.25) is 5.91 Å². The highest BCUT2D eigenvalue weighted by Gasteiger charge is 2.24. The Balaban J connectivity index is 1.58. The molecule has 3 amide bonds. The number of benzene rings is 3. The van der Waals surface area contributed by atoms with Crippen LogP contribution in [0.25, 0.3) is 5.69 Å². The van der Waals surface area contributed by atoms with Gasteiger partial charge in [-0.2, -0.15) is 5.10 Å². The molecular formula is C33H39N5O3. The van der Waals surface area contributed by atoms with Crippen molar-refractivity contribution in [2.75, 3.05) is 23.8 Å². The number of aryl methyl sites for hydroxylation is 2. The summed E-state index contributed by atoms with van der Waals surface area (Å²) in [7, 11) is 0. The van der Waals surface area contributed by atoms with Gasteiger partial charge in [0.15, 0.2) is 0 Å². The molecule has 1 aromatic heterocycles. The maximum absolute atomic E-state index is 13.5. The molecule has 0 aliphatic heterocycles. The first-order valence-electron chi connectivity index (χ1n) is 13.8. The minimum atomic E-state index is -0.383. The molecular weight excluding hydrogens is 514 g/mol. The third kappa shape index (κ3) is 7.75. The number of aromatic nitrogens is 2. The predicted molar refractivity (Wildman–Crippen MR) is 164 cm³/mol. The standard InChI is InChI=1S/C33H39N5O3/c1-7-41-27-16-14-26(15-17-27)34-32(40)37(21-25-11-9-8-10-12-25)22-31(39)35-30-20-29(33(4,5)6)36-38(30)28-18-13-23(2)19-24(28)3/h8-20H,7,21-22H2,1-6H3,(H,34,40)(H,35,39). The van der Waals surface area contributed by atoms with E-state index in [0.29, 0.717) is 18.1 Å². The maximum atomic E-state index is 13.5. The smallest absolute Gasteiger partial charge is 0.322 e. The number of urea groups is 1. The topological polar surface area (TPSA) is 88.5 Å². The molecule has 41 heavy (non-hydrogen) atoms. The summed E-state index contributed by atoms with van der Waals surface area (Å²) in [6, 6.07) is 24.4. The summed E-state index contributed by atoms with van der Waals surface area (Å²) in [5.74, 6) is 0.952. The molecule has 1 heterocycles. The molecule has 2 N–H and O–H groups in total. The molecule has 0 saturated heterocycles. The number of nitrogens with one attached hydrogen (secondary N) is 2. The van der Waals surface area contributed by atoms with Crippen LogP contribution in [0.5, 0.6) is 5.75 Å². The number of ether oxygens (including phenoxy) is 1. The Labute approximate surface area is 242 Å². The Bertz CT molecular complexity index is 1490. The van der Waals surface area contributed by atoms with Crippen LogP contribution in [0, 0.1) is 13.8 Å². The van der Waals surface area contributed by atoms with E-state index in [0.717, 1.165) is 33.8 Å². The highest BCUT2D eigenvalue weighted by Crippen LogP contribution is 2.28. The fourth-order valence-corrected chi connectivity index (χ4v) is 4.43. The van der Waals surface area contributed by atoms with Crippen molar-refractivity contribution in [2.24, 2.45) is 0 Å². The Hall–Kier alpha value is -4.59. The zero-order chi connectivity index (χ0) is 29.6. The van der Waals surface area contributed by atoms with Gasteiger partial charge in [-0.05, 0) is 62.2 Å². The van der Waals surface area contributed by atoms with Crippen LogP contribution in [0.4, 0.5) is 16.3 Å². The van der Waals surface area contributed by atoms with Gasteiger partial charge in [0, 0.05) is 23.7 Å². The molecule has 214 valence electrons. The van der Waals surface area contributed by atoms with Crippen molar-refractivity contribution in [1.29, 1.82) is 0 Å². The van der Waals surface area contributed by atoms with Gasteiger partial charge >= 0.3 is 6.03 Å². The fourth-order valence-electron chi connectivity index (χ4n) is 4.43. The van der Waals surface area contributed by atoms with Crippen LogP contribution in [0.2, 0.25) is 0 Å². The first-order valence-corrected chi connectivity index (χ1v) is 13.8. The van der Waals surface area contributed by atoms with E-state index in [1.54, 1.807) is 28.9 Å². The summed E-state index contributed by atoms with van der Waals surface area (Å²) >= 11 is 0. The van der Waals surface area contributed by atoms with E-state index in [2.05, 4.69) is 37.5 Å². The van der Waals surface area contributed by atoms with Gasteiger partial charge in [0.1, 0.15) is 18.1 Å². The predicted octanol–water partition coefficient (Wildman–Crippen LogP) is 6.86. The molecule has 3 aromatic carbocycles. The number of nitrogens with zero attached hydrogens (tertiary/aromatic N) is 3. The van der Waals surface area contributed by atoms with Gasteiger partial charge in [0.05, 0.1) is 18.0 Å². The highest BCUT2D eigenvalue weighted by molar-refractivity contribution is 5.96. The largest absolute Gasteiger partial charge is 0.494 e. The SMILES string of the molecule is CCOc1ccc(NC(=O)N(CC(=O)Nc2cc(C(C)(C)C)nn2-c2ccc(C)cc2C)Cc2ccccc2)cc1. The molecule has 0 aliphatic rings. The van der Waals surface area contributed by atoms with E-state index >= 15 is 0 Å². The average molecular weight is 554 g/mol. The van der Waals surface area contributed by atoms with Crippen LogP contribution in [0.3, 0.4) is 0 Å². The summed E-state index contributed by atoms with van der Waals surface area (Å²) in [4.78, 5) is 28.4. The number of amides is 3. The van der Waals surface area contributed by atoms with E-state index < -0.39 is 0 Å². The Morgan fingerprint density at radius 2 is 1.63 bits per heavy atom. The number of anilines is 2. The van der Waals surface area contributed by atoms with Crippen LogP contribution < -0.4 is 15.4 Å². The van der Waals surface area contributed by atoms with Crippen molar-refractivity contribution < 1.29 is 14.3 Å². The van der Waals surface area contributed by atoms with E-state index in [1.165, 1.54) is 4.90 Å². The van der Waals surface area contributed by atoms with E-state index in [-0.39, 0.29) is 30.4 Å². The molecule has 0 radical (unpaired) electrons. The van der Waals surface area contributed by atoms with Crippen molar-refractivity contribution in [1.82, 2.24) is 14.7 Å². The first-order chi connectivity index (χ1) is 19.5. The molecule has 0 bridgehead atoms. The number of carbonyl (C=O) groups is 2. The second-order valence-electron chi connectivity index (χ2n) is 11.1. The highest BCUT2D eigenvalue weighted by atomic mass is 16.5. The summed E-state index contributed by atoms with van der Waals surface area (Å²) in [5.41, 5.74) is 5.23. The Morgan fingerprint density at radius 3 is 2.27 bits per heavy atom. The molecule has 0 spiro atoms. The van der Waals surface area contributed by atoms with Gasteiger partial charge in [-0.15, -0.1) is 0 Å². The second kappa shape index (κ2) is 12.7. The average Bonchev–Trinajstić information content (AvgIpc) is 3.34. The summed E-state index contributed by atoms with van der Waals surface area (Å²) in [6.07, 6.45) is 0. The maximum Gasteiger partial charge on any atom is 0.322 e. The molecule has 4 aromatic rings. The number of rotatable bonds is 9. The monoisotopic (exact) mass is 553 g/mol. The lowest BCUT2D eigenvalue weighted by atomic mass is 9.92. The van der Waals surface area contributed by atoms with Crippen LogP contribution in [-0.4, -0.2) is 39.8 Å². The molecule has 0 saturated carbocycles. The minimum Gasteiger partial charge on any atom is -0.494 e. The van der Waals surface area contributed by atoms with Gasteiger partial charge in [-0.25, -0.2) is 9.48 Å². The third-order valence-corrected chi connectivity index (χ3v) is 6.58. The van der Waals surface area contributed by atoms with E-state index in [9.17, 15) is 9.59 Å². The van der Waals surface area contributed by atoms with Gasteiger partial charge in [-0.1, -0.05) is 68.8 Å². The molecule has 0 fully saturated rings. The molecule has 4 rings (SSSR count). The number of hydrogen-bond acceptors (Lipinski definition) is 4. The van der Waals surface area contributed by atoms with E-state index in [4.69, 9.17) is 9.84 Å². The van der Waals surface area contributed by atoms with Crippen molar-refractivity contribution in [3.8, 4) is 11.4 Å². The lowest BCUT2D eigenvalue weighted by Crippen LogP contribution is -2.40. The van der Waals surface area contributed by atoms with Crippen molar-refractivity contribution >= 4 is 23.4 Å². The van der Waals surface area contributed by atoms with Gasteiger partial charge in [-0.3, -0.25) is 4.79 Å². The number of hydrogen-bond donors (Lipinski definition) is 2. The summed E-state index contributed by atoms with van der Waals surface area (Å²) < 4.78 is 7.27. The zero-order valence-electron chi connectivity index (χ0n) is 24.7. The summed E-state index contributed by atoms with van der Waals surface area (Å²) in [5, 5.41) is 10.8. The second-order valence-corrected chi connectivity index (χ2v) is 11.1. The fraction of sp³-hybridized carbons (Fsp3) is 0.303.